The van der Waals surface area contributed by atoms with E-state index in [2.05, 4.69) is 0 Å². The Labute approximate surface area is 115 Å². The van der Waals surface area contributed by atoms with Gasteiger partial charge >= 0.3 is 0 Å². The van der Waals surface area contributed by atoms with Crippen molar-refractivity contribution in [2.45, 2.75) is 10.6 Å². The van der Waals surface area contributed by atoms with E-state index < -0.39 is 0 Å². The van der Waals surface area contributed by atoms with Crippen LogP contribution >= 0.6 is 11.8 Å². The highest BCUT2D eigenvalue weighted by Gasteiger charge is 2.04. The molecule has 0 aliphatic heterocycles. The van der Waals surface area contributed by atoms with Crippen molar-refractivity contribution in [2.24, 2.45) is 0 Å². The summed E-state index contributed by atoms with van der Waals surface area (Å²) < 4.78 is 5.16. The summed E-state index contributed by atoms with van der Waals surface area (Å²) in [5.74, 6) is 1.60. The molecular formula is C14H13NO3S. The van der Waals surface area contributed by atoms with Gasteiger partial charge in [0.2, 0.25) is 0 Å². The summed E-state index contributed by atoms with van der Waals surface area (Å²) >= 11 is 1.67. The predicted octanol–water partition coefficient (Wildman–Crippen LogP) is 3.90. The number of nitro groups is 1. The summed E-state index contributed by atoms with van der Waals surface area (Å²) in [5.41, 5.74) is 1.17. The molecule has 0 N–H and O–H groups in total. The van der Waals surface area contributed by atoms with Gasteiger partial charge in [-0.2, -0.15) is 0 Å². The van der Waals surface area contributed by atoms with Crippen molar-refractivity contribution in [1.82, 2.24) is 0 Å². The van der Waals surface area contributed by atoms with E-state index in [4.69, 9.17) is 4.74 Å². The molecule has 0 bridgehead atoms. The SMILES string of the molecule is COc1cccc(SCc2ccc([N+](=O)[O-])cc2)c1. The highest BCUT2D eigenvalue weighted by molar-refractivity contribution is 7.98. The van der Waals surface area contributed by atoms with E-state index in [1.165, 1.54) is 12.1 Å². The second kappa shape index (κ2) is 6.24. The van der Waals surface area contributed by atoms with Gasteiger partial charge in [-0.3, -0.25) is 10.1 Å². The number of nitrogens with zero attached hydrogens (tertiary/aromatic N) is 1. The lowest BCUT2D eigenvalue weighted by Gasteiger charge is -2.04. The molecule has 2 aromatic carbocycles. The minimum Gasteiger partial charge on any atom is -0.497 e. The van der Waals surface area contributed by atoms with Gasteiger partial charge in [-0.05, 0) is 23.8 Å². The van der Waals surface area contributed by atoms with Gasteiger partial charge in [0, 0.05) is 22.8 Å². The highest BCUT2D eigenvalue weighted by atomic mass is 32.2. The number of nitro benzene ring substituents is 1. The maximum absolute atomic E-state index is 10.5. The average molecular weight is 275 g/mol. The average Bonchev–Trinajstić information content (AvgIpc) is 2.46. The fraction of sp³-hybridized carbons (Fsp3) is 0.143. The molecule has 0 saturated carbocycles. The molecule has 0 atom stereocenters. The second-order valence-electron chi connectivity index (χ2n) is 3.89. The molecule has 0 heterocycles. The lowest BCUT2D eigenvalue weighted by Crippen LogP contribution is -1.88. The van der Waals surface area contributed by atoms with Crippen LogP contribution in [0.25, 0.3) is 0 Å². The molecule has 0 spiro atoms. The van der Waals surface area contributed by atoms with Crippen LogP contribution in [-0.4, -0.2) is 12.0 Å². The van der Waals surface area contributed by atoms with Crippen molar-refractivity contribution >= 4 is 17.4 Å². The zero-order chi connectivity index (χ0) is 13.7. The maximum Gasteiger partial charge on any atom is 0.269 e. The molecule has 0 radical (unpaired) electrons. The molecule has 0 aliphatic carbocycles. The Morgan fingerprint density at radius 2 is 1.95 bits per heavy atom. The lowest BCUT2D eigenvalue weighted by atomic mass is 10.2. The third-order valence-electron chi connectivity index (χ3n) is 2.59. The molecule has 0 saturated heterocycles. The Morgan fingerprint density at radius 1 is 1.21 bits per heavy atom. The van der Waals surface area contributed by atoms with E-state index in [0.717, 1.165) is 22.0 Å². The summed E-state index contributed by atoms with van der Waals surface area (Å²) in [4.78, 5) is 11.3. The zero-order valence-electron chi connectivity index (χ0n) is 10.4. The number of hydrogen-bond donors (Lipinski definition) is 0. The van der Waals surface area contributed by atoms with Crippen LogP contribution in [0.1, 0.15) is 5.56 Å². The number of rotatable bonds is 5. The van der Waals surface area contributed by atoms with Crippen LogP contribution in [0.3, 0.4) is 0 Å². The minimum absolute atomic E-state index is 0.120. The van der Waals surface area contributed by atoms with Crippen LogP contribution in [0.4, 0.5) is 5.69 Å². The number of non-ortho nitro benzene ring substituents is 1. The summed E-state index contributed by atoms with van der Waals surface area (Å²) in [6.07, 6.45) is 0. The van der Waals surface area contributed by atoms with Gasteiger partial charge in [0.05, 0.1) is 12.0 Å². The first-order chi connectivity index (χ1) is 9.19. The Balaban J connectivity index is 1.99. The van der Waals surface area contributed by atoms with E-state index in [-0.39, 0.29) is 10.6 Å². The molecule has 0 unspecified atom stereocenters. The van der Waals surface area contributed by atoms with Gasteiger partial charge in [-0.25, -0.2) is 0 Å². The summed E-state index contributed by atoms with van der Waals surface area (Å²) in [7, 11) is 1.64. The van der Waals surface area contributed by atoms with E-state index >= 15 is 0 Å². The summed E-state index contributed by atoms with van der Waals surface area (Å²) in [5, 5.41) is 10.5. The Kier molecular flexibility index (Phi) is 4.41. The third kappa shape index (κ3) is 3.72. The van der Waals surface area contributed by atoms with E-state index in [1.807, 2.05) is 24.3 Å². The molecule has 0 aromatic heterocycles. The van der Waals surface area contributed by atoms with Crippen LogP contribution in [0.2, 0.25) is 0 Å². The molecule has 5 heteroatoms. The minimum atomic E-state index is -0.390. The first-order valence-corrected chi connectivity index (χ1v) is 6.68. The van der Waals surface area contributed by atoms with Crippen molar-refractivity contribution in [3.8, 4) is 5.75 Å². The van der Waals surface area contributed by atoms with Gasteiger partial charge in [-0.15, -0.1) is 11.8 Å². The molecule has 0 fully saturated rings. The standard InChI is InChI=1S/C14H13NO3S/c1-18-13-3-2-4-14(9-13)19-10-11-5-7-12(8-6-11)15(16)17/h2-9H,10H2,1H3. The maximum atomic E-state index is 10.5. The van der Waals surface area contributed by atoms with Crippen molar-refractivity contribution < 1.29 is 9.66 Å². The molecule has 2 rings (SSSR count). The number of benzene rings is 2. The van der Waals surface area contributed by atoms with E-state index in [1.54, 1.807) is 31.0 Å². The van der Waals surface area contributed by atoms with Gasteiger partial charge in [0.1, 0.15) is 5.75 Å². The number of ether oxygens (including phenoxy) is 1. The van der Waals surface area contributed by atoms with Gasteiger partial charge < -0.3 is 4.74 Å². The highest BCUT2D eigenvalue weighted by Crippen LogP contribution is 2.26. The third-order valence-corrected chi connectivity index (χ3v) is 3.66. The zero-order valence-corrected chi connectivity index (χ0v) is 11.2. The summed E-state index contributed by atoms with van der Waals surface area (Å²) in [6, 6.07) is 14.4. The van der Waals surface area contributed by atoms with Crippen LogP contribution < -0.4 is 4.74 Å². The first kappa shape index (κ1) is 13.4. The largest absolute Gasteiger partial charge is 0.497 e. The second-order valence-corrected chi connectivity index (χ2v) is 4.94. The quantitative estimate of drug-likeness (QED) is 0.472. The van der Waals surface area contributed by atoms with E-state index in [0.29, 0.717) is 0 Å². The molecule has 2 aromatic rings. The predicted molar refractivity (Wildman–Crippen MR) is 75.7 cm³/mol. The fourth-order valence-electron chi connectivity index (χ4n) is 1.57. The van der Waals surface area contributed by atoms with Crippen LogP contribution in [0.5, 0.6) is 5.75 Å². The molecule has 0 amide bonds. The first-order valence-electron chi connectivity index (χ1n) is 5.69. The van der Waals surface area contributed by atoms with Crippen LogP contribution in [0.15, 0.2) is 53.4 Å². The Hall–Kier alpha value is -2.01. The van der Waals surface area contributed by atoms with Gasteiger partial charge in [-0.1, -0.05) is 18.2 Å². The van der Waals surface area contributed by atoms with Crippen LogP contribution in [-0.2, 0) is 5.75 Å². The Morgan fingerprint density at radius 3 is 2.58 bits per heavy atom. The summed E-state index contributed by atoms with van der Waals surface area (Å²) in [6.45, 7) is 0. The monoisotopic (exact) mass is 275 g/mol. The molecule has 19 heavy (non-hydrogen) atoms. The molecule has 4 nitrogen and oxygen atoms in total. The number of methoxy groups -OCH3 is 1. The molecule has 0 aliphatic rings. The van der Waals surface area contributed by atoms with Crippen LogP contribution in [0, 0.1) is 10.1 Å². The van der Waals surface area contributed by atoms with Gasteiger partial charge in [0.25, 0.3) is 5.69 Å². The van der Waals surface area contributed by atoms with Crippen molar-refractivity contribution in [3.05, 3.63) is 64.2 Å². The van der Waals surface area contributed by atoms with E-state index in [9.17, 15) is 10.1 Å². The molecule has 98 valence electrons. The van der Waals surface area contributed by atoms with Crippen molar-refractivity contribution in [1.29, 1.82) is 0 Å². The Bertz CT molecular complexity index is 569. The normalized spacial score (nSPS) is 10.2. The van der Waals surface area contributed by atoms with Gasteiger partial charge in [0.15, 0.2) is 0 Å². The lowest BCUT2D eigenvalue weighted by molar-refractivity contribution is -0.384. The van der Waals surface area contributed by atoms with Crippen molar-refractivity contribution in [3.63, 3.8) is 0 Å². The smallest absolute Gasteiger partial charge is 0.269 e. The number of thioether (sulfide) groups is 1. The topological polar surface area (TPSA) is 52.4 Å². The van der Waals surface area contributed by atoms with Crippen molar-refractivity contribution in [2.75, 3.05) is 7.11 Å². The number of hydrogen-bond acceptors (Lipinski definition) is 4. The molecular weight excluding hydrogens is 262 g/mol. The fourth-order valence-corrected chi connectivity index (χ4v) is 2.47.